The number of ketones is 1. The van der Waals surface area contributed by atoms with Crippen LogP contribution in [-0.4, -0.2) is 15.9 Å². The van der Waals surface area contributed by atoms with Crippen molar-refractivity contribution in [2.24, 2.45) is 11.8 Å². The maximum atomic E-state index is 11.2. The second-order valence-corrected chi connectivity index (χ2v) is 9.39. The zero-order chi connectivity index (χ0) is 23.8. The van der Waals surface area contributed by atoms with E-state index in [0.717, 1.165) is 22.3 Å². The number of carbonyl (C=O) groups excluding carboxylic acids is 1. The molecule has 0 unspecified atom stereocenters. The molecule has 0 atom stereocenters. The van der Waals surface area contributed by atoms with Gasteiger partial charge in [0.05, 0.1) is 11.3 Å². The Morgan fingerprint density at radius 3 is 2.24 bits per heavy atom. The number of rotatable bonds is 6. The normalized spacial score (nSPS) is 11.2. The first-order valence-corrected chi connectivity index (χ1v) is 11.3. The predicted octanol–water partition coefficient (Wildman–Crippen LogP) is 7.71. The molecule has 0 saturated carbocycles. The molecule has 33 heavy (non-hydrogen) atoms. The van der Waals surface area contributed by atoms with E-state index in [9.17, 15) is 9.90 Å². The first-order chi connectivity index (χ1) is 15.0. The number of pyridine rings is 1. The summed E-state index contributed by atoms with van der Waals surface area (Å²) in [6, 6.07) is 18.1. The Kier molecular flexibility index (Phi) is 11.7. The van der Waals surface area contributed by atoms with E-state index in [1.165, 1.54) is 22.6 Å². The Morgan fingerprint density at radius 2 is 1.64 bits per heavy atom. The monoisotopic (exact) mass is 623 g/mol. The van der Waals surface area contributed by atoms with Gasteiger partial charge in [-0.25, -0.2) is 0 Å². The summed E-state index contributed by atoms with van der Waals surface area (Å²) in [7, 11) is 0. The molecule has 179 valence electrons. The molecule has 0 aliphatic rings. The number of hydrogen-bond donors (Lipinski definition) is 1. The second-order valence-electron chi connectivity index (χ2n) is 9.39. The maximum absolute atomic E-state index is 11.2. The second kappa shape index (κ2) is 13.4. The number of fused-ring (bicyclic) bond motifs is 1. The number of hydrogen-bond acceptors (Lipinski definition) is 3. The van der Waals surface area contributed by atoms with Crippen molar-refractivity contribution in [2.45, 2.75) is 61.3 Å². The fraction of sp³-hybridized carbons (Fsp3) is 0.379. The van der Waals surface area contributed by atoms with Crippen LogP contribution in [0.2, 0.25) is 0 Å². The van der Waals surface area contributed by atoms with Gasteiger partial charge >= 0.3 is 0 Å². The van der Waals surface area contributed by atoms with Crippen LogP contribution in [0.25, 0.3) is 22.2 Å². The molecular formula is C29H36IrNO2-. The summed E-state index contributed by atoms with van der Waals surface area (Å²) in [6.45, 7) is 14.3. The zero-order valence-corrected chi connectivity index (χ0v) is 23.2. The molecule has 0 amide bonds. The minimum atomic E-state index is 0. The van der Waals surface area contributed by atoms with Crippen molar-refractivity contribution in [1.82, 2.24) is 4.98 Å². The van der Waals surface area contributed by atoms with E-state index in [4.69, 9.17) is 4.98 Å². The van der Waals surface area contributed by atoms with Crippen molar-refractivity contribution >= 4 is 16.7 Å². The van der Waals surface area contributed by atoms with Crippen LogP contribution < -0.4 is 0 Å². The fourth-order valence-electron chi connectivity index (χ4n) is 3.65. The van der Waals surface area contributed by atoms with Crippen molar-refractivity contribution in [3.63, 3.8) is 0 Å². The van der Waals surface area contributed by atoms with E-state index < -0.39 is 0 Å². The van der Waals surface area contributed by atoms with Crippen LogP contribution in [0.3, 0.4) is 0 Å². The van der Waals surface area contributed by atoms with Crippen LogP contribution in [0.4, 0.5) is 0 Å². The van der Waals surface area contributed by atoms with E-state index in [2.05, 4.69) is 63.2 Å². The van der Waals surface area contributed by atoms with Crippen LogP contribution in [0.1, 0.15) is 57.2 Å². The first-order valence-electron chi connectivity index (χ1n) is 11.3. The average molecular weight is 623 g/mol. The van der Waals surface area contributed by atoms with Gasteiger partial charge in [0.2, 0.25) is 0 Å². The number of allylic oxidation sites excluding steroid dienone is 2. The van der Waals surface area contributed by atoms with E-state index in [1.807, 2.05) is 33.8 Å². The van der Waals surface area contributed by atoms with E-state index in [1.54, 1.807) is 0 Å². The van der Waals surface area contributed by atoms with Crippen LogP contribution in [0, 0.1) is 38.7 Å². The molecule has 4 heteroatoms. The number of benzene rings is 2. The molecule has 0 spiro atoms. The molecule has 1 aromatic heterocycles. The topological polar surface area (TPSA) is 50.2 Å². The van der Waals surface area contributed by atoms with Crippen molar-refractivity contribution in [1.29, 1.82) is 0 Å². The molecule has 2 aromatic carbocycles. The van der Waals surface area contributed by atoms with Crippen molar-refractivity contribution < 1.29 is 30.0 Å². The Balaban J connectivity index is 0.000000346. The van der Waals surface area contributed by atoms with Crippen LogP contribution in [-0.2, 0) is 24.9 Å². The Morgan fingerprint density at radius 1 is 1.00 bits per heavy atom. The van der Waals surface area contributed by atoms with Gasteiger partial charge in [-0.05, 0) is 36.1 Å². The smallest absolute Gasteiger partial charge is 0.159 e. The van der Waals surface area contributed by atoms with Gasteiger partial charge in [-0.3, -0.25) is 9.78 Å². The van der Waals surface area contributed by atoms with E-state index in [0.29, 0.717) is 24.7 Å². The van der Waals surface area contributed by atoms with Gasteiger partial charge in [0, 0.05) is 44.4 Å². The van der Waals surface area contributed by atoms with Gasteiger partial charge in [0.15, 0.2) is 5.78 Å². The first kappa shape index (κ1) is 28.7. The predicted molar refractivity (Wildman–Crippen MR) is 135 cm³/mol. The summed E-state index contributed by atoms with van der Waals surface area (Å²) >= 11 is 0. The molecular weight excluding hydrogens is 587 g/mol. The number of para-hydroxylation sites is 1. The molecule has 0 fully saturated rings. The Labute approximate surface area is 212 Å². The van der Waals surface area contributed by atoms with Crippen molar-refractivity contribution in [3.8, 4) is 11.3 Å². The molecule has 0 aliphatic carbocycles. The molecule has 0 aliphatic heterocycles. The molecule has 3 aromatic rings. The van der Waals surface area contributed by atoms with E-state index in [-0.39, 0.29) is 31.6 Å². The number of aliphatic hydroxyl groups excluding tert-OH is 1. The zero-order valence-electron chi connectivity index (χ0n) is 20.8. The van der Waals surface area contributed by atoms with Crippen molar-refractivity contribution in [3.05, 3.63) is 77.1 Å². The third-order valence-electron chi connectivity index (χ3n) is 4.90. The standard InChI is InChI=1S/C18H16N.C11H20O2.Ir/c1-12-8-13(2)10-15(9-12)18-11-14(3)16-6-4-5-7-17(16)19-18;1-8(2)5-10(12)7-11(13)6-9(3)4;/h4-9,11H,1-3H3;7-9,12H,5-6H2,1-4H3;/q-1;;/b;10-7-;. The minimum absolute atomic E-state index is 0. The Bertz CT molecular complexity index is 1080. The molecule has 1 N–H and O–H groups in total. The van der Waals surface area contributed by atoms with Crippen LogP contribution in [0.15, 0.2) is 54.3 Å². The van der Waals surface area contributed by atoms with Gasteiger partial charge in [-0.2, -0.15) is 0 Å². The third kappa shape index (κ3) is 9.61. The SMILES string of the molecule is CC(C)CC(=O)/C=C(\O)CC(C)C.Cc1[c-]c(-c2cc(C)c3ccccc3n2)cc(C)c1.[Ir]. The summed E-state index contributed by atoms with van der Waals surface area (Å²) in [4.78, 5) is 16.0. The van der Waals surface area contributed by atoms with Gasteiger partial charge in [-0.15, -0.1) is 34.9 Å². The fourth-order valence-corrected chi connectivity index (χ4v) is 3.65. The number of aliphatic hydroxyl groups is 1. The Hall–Kier alpha value is -2.29. The number of nitrogens with zero attached hydrogens (tertiary/aromatic N) is 1. The molecule has 3 rings (SSSR count). The average Bonchev–Trinajstić information content (AvgIpc) is 2.66. The third-order valence-corrected chi connectivity index (χ3v) is 4.90. The molecule has 1 heterocycles. The quantitative estimate of drug-likeness (QED) is 0.174. The molecule has 1 radical (unpaired) electrons. The molecule has 3 nitrogen and oxygen atoms in total. The van der Waals surface area contributed by atoms with E-state index >= 15 is 0 Å². The largest absolute Gasteiger partial charge is 0.512 e. The van der Waals surface area contributed by atoms with Gasteiger partial charge in [-0.1, -0.05) is 65.8 Å². The molecule has 0 saturated heterocycles. The van der Waals surface area contributed by atoms with Crippen LogP contribution >= 0.6 is 0 Å². The summed E-state index contributed by atoms with van der Waals surface area (Å²) < 4.78 is 0. The van der Waals surface area contributed by atoms with Gasteiger partial charge < -0.3 is 5.11 Å². The minimum Gasteiger partial charge on any atom is -0.512 e. The summed E-state index contributed by atoms with van der Waals surface area (Å²) in [5.74, 6) is 0.979. The number of carbonyl (C=O) groups is 1. The summed E-state index contributed by atoms with van der Waals surface area (Å²) in [6.07, 6.45) is 2.46. The number of aromatic nitrogens is 1. The van der Waals surface area contributed by atoms with Gasteiger partial charge in [0.25, 0.3) is 0 Å². The molecule has 0 bridgehead atoms. The van der Waals surface area contributed by atoms with Crippen LogP contribution in [0.5, 0.6) is 0 Å². The number of aryl methyl sites for hydroxylation is 3. The maximum Gasteiger partial charge on any atom is 0.159 e. The summed E-state index contributed by atoms with van der Waals surface area (Å²) in [5.41, 5.74) is 6.79. The van der Waals surface area contributed by atoms with Crippen molar-refractivity contribution in [2.75, 3.05) is 0 Å². The van der Waals surface area contributed by atoms with Gasteiger partial charge in [0.1, 0.15) is 0 Å². The summed E-state index contributed by atoms with van der Waals surface area (Å²) in [5, 5.41) is 10.6.